The lowest BCUT2D eigenvalue weighted by atomic mass is 9.92. The van der Waals surface area contributed by atoms with E-state index in [0.717, 1.165) is 15.4 Å². The summed E-state index contributed by atoms with van der Waals surface area (Å²) in [4.78, 5) is 37.4. The molecule has 4 rings (SSSR count). The number of nitrogens with zero attached hydrogens (tertiary/aromatic N) is 2. The summed E-state index contributed by atoms with van der Waals surface area (Å²) in [7, 11) is 0. The van der Waals surface area contributed by atoms with Crippen molar-refractivity contribution in [3.05, 3.63) is 74.2 Å². The number of carbonyl (C=O) groups excluding carboxylic acids is 2. The number of carbonyl (C=O) groups is 2. The maximum absolute atomic E-state index is 12.9. The molecule has 128 valence electrons. The Morgan fingerprint density at radius 3 is 2.31 bits per heavy atom. The highest BCUT2D eigenvalue weighted by molar-refractivity contribution is 9.10. The molecule has 0 fully saturated rings. The van der Waals surface area contributed by atoms with Crippen molar-refractivity contribution in [2.45, 2.75) is 0 Å². The second-order valence-corrected chi connectivity index (χ2v) is 6.61. The number of aromatic hydroxyl groups is 1. The summed E-state index contributed by atoms with van der Waals surface area (Å²) >= 11 is 3.29. The van der Waals surface area contributed by atoms with Gasteiger partial charge in [-0.1, -0.05) is 22.0 Å². The number of imide groups is 1. The van der Waals surface area contributed by atoms with Crippen LogP contribution in [0.2, 0.25) is 0 Å². The fraction of sp³-hybridized carbons (Fsp3) is 0. The van der Waals surface area contributed by atoms with Gasteiger partial charge in [-0.3, -0.25) is 19.7 Å². The smallest absolute Gasteiger partial charge is 0.318 e. The number of hydrogen-bond acceptors (Lipinski definition) is 5. The van der Waals surface area contributed by atoms with E-state index in [1.807, 2.05) is 0 Å². The Labute approximate surface area is 154 Å². The maximum Gasteiger partial charge on any atom is 0.318 e. The van der Waals surface area contributed by atoms with Crippen LogP contribution < -0.4 is 4.90 Å². The highest BCUT2D eigenvalue weighted by Gasteiger charge is 2.37. The molecule has 0 spiro atoms. The van der Waals surface area contributed by atoms with Crippen LogP contribution in [0.5, 0.6) is 5.75 Å². The first-order valence-electron chi connectivity index (χ1n) is 7.47. The van der Waals surface area contributed by atoms with Crippen molar-refractivity contribution in [1.29, 1.82) is 0 Å². The van der Waals surface area contributed by atoms with E-state index in [9.17, 15) is 24.8 Å². The summed E-state index contributed by atoms with van der Waals surface area (Å²) in [5.41, 5.74) is 0.0522. The van der Waals surface area contributed by atoms with Gasteiger partial charge in [-0.2, -0.15) is 0 Å². The molecule has 8 heteroatoms. The number of phenolic OH excluding ortho intramolecular Hbond substituents is 1. The van der Waals surface area contributed by atoms with Gasteiger partial charge < -0.3 is 5.11 Å². The molecule has 0 saturated carbocycles. The Morgan fingerprint density at radius 1 is 1.00 bits per heavy atom. The predicted molar refractivity (Wildman–Crippen MR) is 97.5 cm³/mol. The van der Waals surface area contributed by atoms with Gasteiger partial charge in [-0.25, -0.2) is 4.90 Å². The molecule has 3 aromatic carbocycles. The zero-order valence-electron chi connectivity index (χ0n) is 13.0. The summed E-state index contributed by atoms with van der Waals surface area (Å²) < 4.78 is 0.786. The zero-order chi connectivity index (χ0) is 18.6. The van der Waals surface area contributed by atoms with Crippen LogP contribution in [0.3, 0.4) is 0 Å². The van der Waals surface area contributed by atoms with Gasteiger partial charge in [0.25, 0.3) is 11.8 Å². The Bertz CT molecular complexity index is 1120. The molecule has 0 atom stereocenters. The molecule has 2 amide bonds. The van der Waals surface area contributed by atoms with Crippen LogP contribution in [0.15, 0.2) is 53.0 Å². The number of nitro benzene ring substituents is 1. The number of halogens is 1. The SMILES string of the molecule is O=C1c2cccc3c([N+](=O)[O-])c(O)cc(c23)C(=O)N1c1ccc(Br)cc1. The predicted octanol–water partition coefficient (Wildman–Crippen LogP) is 4.02. The number of amides is 2. The van der Waals surface area contributed by atoms with Gasteiger partial charge in [0, 0.05) is 21.5 Å². The molecule has 0 aliphatic carbocycles. The van der Waals surface area contributed by atoms with Gasteiger partial charge in [0.2, 0.25) is 0 Å². The fourth-order valence-corrected chi connectivity index (χ4v) is 3.42. The summed E-state index contributed by atoms with van der Waals surface area (Å²) in [5.74, 6) is -1.84. The van der Waals surface area contributed by atoms with Crippen molar-refractivity contribution in [3.8, 4) is 5.75 Å². The standard InChI is InChI=1S/C18H9BrN2O5/c19-9-4-6-10(7-5-9)20-17(23)12-3-1-2-11-15(12)13(18(20)24)8-14(22)16(11)21(25)26/h1-8,22H. The topological polar surface area (TPSA) is 101 Å². The molecule has 1 aliphatic heterocycles. The van der Waals surface area contributed by atoms with Crippen molar-refractivity contribution in [3.63, 3.8) is 0 Å². The van der Waals surface area contributed by atoms with E-state index in [1.54, 1.807) is 24.3 Å². The lowest BCUT2D eigenvalue weighted by Gasteiger charge is -2.27. The van der Waals surface area contributed by atoms with E-state index in [1.165, 1.54) is 18.2 Å². The quantitative estimate of drug-likeness (QED) is 0.389. The molecule has 0 radical (unpaired) electrons. The molecular weight excluding hydrogens is 404 g/mol. The average molecular weight is 413 g/mol. The van der Waals surface area contributed by atoms with Crippen molar-refractivity contribution >= 4 is 49.9 Å². The summed E-state index contributed by atoms with van der Waals surface area (Å²) in [5, 5.41) is 21.6. The molecule has 1 heterocycles. The molecule has 0 bridgehead atoms. The highest BCUT2D eigenvalue weighted by atomic mass is 79.9. The van der Waals surface area contributed by atoms with Crippen LogP contribution >= 0.6 is 15.9 Å². The molecule has 26 heavy (non-hydrogen) atoms. The molecule has 3 aromatic rings. The summed E-state index contributed by atoms with van der Waals surface area (Å²) in [6.45, 7) is 0. The Balaban J connectivity index is 2.03. The number of anilines is 1. The fourth-order valence-electron chi connectivity index (χ4n) is 3.15. The second-order valence-electron chi connectivity index (χ2n) is 5.70. The number of hydrogen-bond donors (Lipinski definition) is 1. The lowest BCUT2D eigenvalue weighted by Crippen LogP contribution is -2.40. The third kappa shape index (κ3) is 2.19. The minimum absolute atomic E-state index is 0.0428. The van der Waals surface area contributed by atoms with E-state index in [2.05, 4.69) is 15.9 Å². The van der Waals surface area contributed by atoms with Crippen LogP contribution in [0.1, 0.15) is 20.7 Å². The monoisotopic (exact) mass is 412 g/mol. The van der Waals surface area contributed by atoms with Crippen LogP contribution in [0.4, 0.5) is 11.4 Å². The largest absolute Gasteiger partial charge is 0.502 e. The van der Waals surface area contributed by atoms with Crippen LogP contribution in [0, 0.1) is 10.1 Å². The number of rotatable bonds is 2. The third-order valence-electron chi connectivity index (χ3n) is 4.25. The van der Waals surface area contributed by atoms with Crippen molar-refractivity contribution in [2.24, 2.45) is 0 Å². The van der Waals surface area contributed by atoms with E-state index in [4.69, 9.17) is 0 Å². The summed E-state index contributed by atoms with van der Waals surface area (Å²) in [6.07, 6.45) is 0. The van der Waals surface area contributed by atoms with Crippen LogP contribution in [-0.2, 0) is 0 Å². The number of benzene rings is 3. The van der Waals surface area contributed by atoms with Crippen LogP contribution in [-0.4, -0.2) is 21.8 Å². The van der Waals surface area contributed by atoms with E-state index in [-0.39, 0.29) is 21.9 Å². The Morgan fingerprint density at radius 2 is 1.65 bits per heavy atom. The third-order valence-corrected chi connectivity index (χ3v) is 4.78. The minimum Gasteiger partial charge on any atom is -0.502 e. The zero-order valence-corrected chi connectivity index (χ0v) is 14.6. The average Bonchev–Trinajstić information content (AvgIpc) is 2.60. The van der Waals surface area contributed by atoms with Gasteiger partial charge in [-0.05, 0) is 36.4 Å². The Kier molecular flexibility index (Phi) is 3.52. The van der Waals surface area contributed by atoms with E-state index >= 15 is 0 Å². The Hall–Kier alpha value is -3.26. The molecular formula is C18H9BrN2O5. The van der Waals surface area contributed by atoms with Crippen molar-refractivity contribution < 1.29 is 19.6 Å². The number of nitro groups is 1. The van der Waals surface area contributed by atoms with Gasteiger partial charge in [0.15, 0.2) is 5.75 Å². The molecule has 0 saturated heterocycles. The molecule has 1 aliphatic rings. The van der Waals surface area contributed by atoms with Gasteiger partial charge in [0.1, 0.15) is 0 Å². The first-order chi connectivity index (χ1) is 12.4. The van der Waals surface area contributed by atoms with E-state index < -0.39 is 28.2 Å². The summed E-state index contributed by atoms with van der Waals surface area (Å²) in [6, 6.07) is 12.1. The number of phenols is 1. The van der Waals surface area contributed by atoms with Crippen molar-refractivity contribution in [1.82, 2.24) is 0 Å². The second kappa shape index (κ2) is 5.63. The van der Waals surface area contributed by atoms with Crippen molar-refractivity contribution in [2.75, 3.05) is 4.90 Å². The highest BCUT2D eigenvalue weighted by Crippen LogP contribution is 2.41. The molecule has 0 unspecified atom stereocenters. The minimum atomic E-state index is -0.728. The van der Waals surface area contributed by atoms with Gasteiger partial charge in [0.05, 0.1) is 21.6 Å². The van der Waals surface area contributed by atoms with E-state index in [0.29, 0.717) is 5.69 Å². The molecule has 7 nitrogen and oxygen atoms in total. The first kappa shape index (κ1) is 16.2. The van der Waals surface area contributed by atoms with Gasteiger partial charge in [-0.15, -0.1) is 0 Å². The van der Waals surface area contributed by atoms with Crippen LogP contribution in [0.25, 0.3) is 10.8 Å². The first-order valence-corrected chi connectivity index (χ1v) is 8.27. The lowest BCUT2D eigenvalue weighted by molar-refractivity contribution is -0.384. The molecule has 0 aromatic heterocycles. The van der Waals surface area contributed by atoms with Gasteiger partial charge >= 0.3 is 5.69 Å². The molecule has 1 N–H and O–H groups in total. The normalized spacial score (nSPS) is 13.3. The maximum atomic E-state index is 12.9.